The van der Waals surface area contributed by atoms with Gasteiger partial charge < -0.3 is 10.8 Å². The Balaban J connectivity index is 3.02. The molecule has 1 unspecified atom stereocenters. The highest BCUT2D eigenvalue weighted by molar-refractivity contribution is 6.33. The van der Waals surface area contributed by atoms with Crippen molar-refractivity contribution >= 4 is 23.2 Å². The lowest BCUT2D eigenvalue weighted by Crippen LogP contribution is -2.07. The van der Waals surface area contributed by atoms with Crippen molar-refractivity contribution in [2.45, 2.75) is 12.5 Å². The number of hydrogen-bond donors (Lipinski definition) is 2. The van der Waals surface area contributed by atoms with E-state index >= 15 is 0 Å². The maximum atomic E-state index is 12.9. The van der Waals surface area contributed by atoms with E-state index in [0.717, 1.165) is 6.07 Å². The molecule has 0 aliphatic heterocycles. The zero-order chi connectivity index (χ0) is 10.7. The van der Waals surface area contributed by atoms with E-state index in [1.54, 1.807) is 0 Å². The van der Waals surface area contributed by atoms with Crippen LogP contribution in [0.4, 0.5) is 4.39 Å². The number of hydrogen-bond acceptors (Lipinski definition) is 2. The topological polar surface area (TPSA) is 46.2 Å². The molecule has 0 aliphatic carbocycles. The SMILES string of the molecule is NCCC(O)c1cc(Cl)c(F)cc1Cl. The smallest absolute Gasteiger partial charge is 0.143 e. The second kappa shape index (κ2) is 4.94. The van der Waals surface area contributed by atoms with E-state index in [0.29, 0.717) is 18.5 Å². The van der Waals surface area contributed by atoms with Crippen LogP contribution in [0.5, 0.6) is 0 Å². The normalized spacial score (nSPS) is 12.9. The highest BCUT2D eigenvalue weighted by atomic mass is 35.5. The zero-order valence-electron chi connectivity index (χ0n) is 7.30. The van der Waals surface area contributed by atoms with Crippen molar-refractivity contribution in [1.29, 1.82) is 0 Å². The molecule has 1 rings (SSSR count). The van der Waals surface area contributed by atoms with Gasteiger partial charge in [0.25, 0.3) is 0 Å². The van der Waals surface area contributed by atoms with Gasteiger partial charge in [-0.15, -0.1) is 0 Å². The summed E-state index contributed by atoms with van der Waals surface area (Å²) in [6.45, 7) is 0.326. The molecule has 1 atom stereocenters. The molecule has 0 aromatic heterocycles. The van der Waals surface area contributed by atoms with Crippen LogP contribution in [0.25, 0.3) is 0 Å². The van der Waals surface area contributed by atoms with E-state index in [2.05, 4.69) is 0 Å². The fourth-order valence-corrected chi connectivity index (χ4v) is 1.56. The molecule has 0 spiro atoms. The number of rotatable bonds is 3. The maximum Gasteiger partial charge on any atom is 0.143 e. The van der Waals surface area contributed by atoms with Crippen LogP contribution in [0.2, 0.25) is 10.0 Å². The Morgan fingerprint density at radius 2 is 2.00 bits per heavy atom. The van der Waals surface area contributed by atoms with E-state index in [1.165, 1.54) is 6.07 Å². The third-order valence-electron chi connectivity index (χ3n) is 1.84. The van der Waals surface area contributed by atoms with E-state index in [4.69, 9.17) is 28.9 Å². The Morgan fingerprint density at radius 3 is 2.57 bits per heavy atom. The molecule has 2 nitrogen and oxygen atoms in total. The van der Waals surface area contributed by atoms with Gasteiger partial charge in [0.1, 0.15) is 5.82 Å². The predicted octanol–water partition coefficient (Wildman–Crippen LogP) is 2.51. The molecule has 0 saturated heterocycles. The van der Waals surface area contributed by atoms with Crippen LogP contribution >= 0.6 is 23.2 Å². The first-order chi connectivity index (χ1) is 6.56. The van der Waals surface area contributed by atoms with Gasteiger partial charge in [-0.25, -0.2) is 4.39 Å². The molecule has 1 aromatic carbocycles. The monoisotopic (exact) mass is 237 g/mol. The van der Waals surface area contributed by atoms with Crippen molar-refractivity contribution in [2.24, 2.45) is 5.73 Å². The molecule has 0 fully saturated rings. The average Bonchev–Trinajstić information content (AvgIpc) is 2.11. The molecule has 0 radical (unpaired) electrons. The molecule has 0 bridgehead atoms. The quantitative estimate of drug-likeness (QED) is 0.794. The van der Waals surface area contributed by atoms with Gasteiger partial charge >= 0.3 is 0 Å². The largest absolute Gasteiger partial charge is 0.388 e. The van der Waals surface area contributed by atoms with Crippen molar-refractivity contribution in [1.82, 2.24) is 0 Å². The minimum Gasteiger partial charge on any atom is -0.388 e. The molecule has 0 amide bonds. The average molecular weight is 238 g/mol. The molecule has 78 valence electrons. The molecule has 14 heavy (non-hydrogen) atoms. The summed E-state index contributed by atoms with van der Waals surface area (Å²) in [5.41, 5.74) is 5.68. The standard InChI is InChI=1S/C9H10Cl2FNO/c10-6-4-8(12)7(11)3-5(6)9(14)1-2-13/h3-4,9,14H,1-2,13H2. The van der Waals surface area contributed by atoms with Crippen molar-refractivity contribution in [2.75, 3.05) is 6.54 Å². The Kier molecular flexibility index (Phi) is 4.13. The number of nitrogens with two attached hydrogens (primary N) is 1. The highest BCUT2D eigenvalue weighted by Crippen LogP contribution is 2.29. The number of halogens is 3. The van der Waals surface area contributed by atoms with Crippen LogP contribution in [0.3, 0.4) is 0 Å². The first kappa shape index (κ1) is 11.7. The Hall–Kier alpha value is -0.350. The first-order valence-electron chi connectivity index (χ1n) is 4.09. The first-order valence-corrected chi connectivity index (χ1v) is 4.84. The summed E-state index contributed by atoms with van der Waals surface area (Å²) >= 11 is 11.3. The van der Waals surface area contributed by atoms with Crippen LogP contribution in [0.15, 0.2) is 12.1 Å². The summed E-state index contributed by atoms with van der Waals surface area (Å²) < 4.78 is 12.9. The number of aliphatic hydroxyl groups excluding tert-OH is 1. The van der Waals surface area contributed by atoms with Gasteiger partial charge in [-0.1, -0.05) is 23.2 Å². The zero-order valence-corrected chi connectivity index (χ0v) is 8.82. The Bertz CT molecular complexity index is 333. The van der Waals surface area contributed by atoms with Crippen LogP contribution in [-0.4, -0.2) is 11.7 Å². The van der Waals surface area contributed by atoms with Crippen molar-refractivity contribution in [3.05, 3.63) is 33.6 Å². The molecule has 5 heteroatoms. The predicted molar refractivity (Wildman–Crippen MR) is 55.1 cm³/mol. The van der Waals surface area contributed by atoms with E-state index < -0.39 is 11.9 Å². The van der Waals surface area contributed by atoms with Crippen LogP contribution in [0, 0.1) is 5.82 Å². The summed E-state index contributed by atoms with van der Waals surface area (Å²) in [7, 11) is 0. The van der Waals surface area contributed by atoms with Gasteiger partial charge in [0.05, 0.1) is 11.1 Å². The molecule has 3 N–H and O–H groups in total. The second-order valence-corrected chi connectivity index (χ2v) is 3.70. The highest BCUT2D eigenvalue weighted by Gasteiger charge is 2.13. The van der Waals surface area contributed by atoms with Gasteiger partial charge in [-0.2, -0.15) is 0 Å². The van der Waals surface area contributed by atoms with E-state index in [1.807, 2.05) is 0 Å². The summed E-state index contributed by atoms with van der Waals surface area (Å²) in [5.74, 6) is -0.597. The van der Waals surface area contributed by atoms with Crippen molar-refractivity contribution in [3.8, 4) is 0 Å². The maximum absolute atomic E-state index is 12.9. The lowest BCUT2D eigenvalue weighted by molar-refractivity contribution is 0.170. The minimum atomic E-state index is -0.800. The summed E-state index contributed by atoms with van der Waals surface area (Å²) in [4.78, 5) is 0. The molecule has 0 aliphatic rings. The summed E-state index contributed by atoms with van der Waals surface area (Å²) in [5, 5.41) is 9.68. The van der Waals surface area contributed by atoms with Crippen LogP contribution < -0.4 is 5.73 Å². The van der Waals surface area contributed by atoms with Gasteiger partial charge in [-0.05, 0) is 25.1 Å². The van der Waals surface area contributed by atoms with Gasteiger partial charge in [0, 0.05) is 10.6 Å². The van der Waals surface area contributed by atoms with Crippen molar-refractivity contribution < 1.29 is 9.50 Å². The third-order valence-corrected chi connectivity index (χ3v) is 2.46. The Labute approximate surface area is 91.4 Å². The van der Waals surface area contributed by atoms with Gasteiger partial charge in [0.2, 0.25) is 0 Å². The summed E-state index contributed by atoms with van der Waals surface area (Å²) in [6, 6.07) is 2.40. The van der Waals surface area contributed by atoms with E-state index in [9.17, 15) is 9.50 Å². The second-order valence-electron chi connectivity index (χ2n) is 2.88. The molecular weight excluding hydrogens is 228 g/mol. The fraction of sp³-hybridized carbons (Fsp3) is 0.333. The fourth-order valence-electron chi connectivity index (χ4n) is 1.11. The van der Waals surface area contributed by atoms with Gasteiger partial charge in [0.15, 0.2) is 0 Å². The lowest BCUT2D eigenvalue weighted by Gasteiger charge is -2.12. The van der Waals surface area contributed by atoms with Crippen molar-refractivity contribution in [3.63, 3.8) is 0 Å². The third kappa shape index (κ3) is 2.58. The lowest BCUT2D eigenvalue weighted by atomic mass is 10.1. The number of benzene rings is 1. The van der Waals surface area contributed by atoms with Gasteiger partial charge in [-0.3, -0.25) is 0 Å². The summed E-state index contributed by atoms with van der Waals surface area (Å²) in [6.07, 6.45) is -0.438. The minimum absolute atomic E-state index is 0.0551. The molecule has 0 heterocycles. The molecule has 1 aromatic rings. The van der Waals surface area contributed by atoms with E-state index in [-0.39, 0.29) is 10.0 Å². The Morgan fingerprint density at radius 1 is 1.36 bits per heavy atom. The molecular formula is C9H10Cl2FNO. The van der Waals surface area contributed by atoms with Crippen LogP contribution in [-0.2, 0) is 0 Å². The number of aliphatic hydroxyl groups is 1. The molecule has 0 saturated carbocycles. The van der Waals surface area contributed by atoms with Crippen LogP contribution in [0.1, 0.15) is 18.1 Å².